The molecule has 23 heavy (non-hydrogen) atoms. The van der Waals surface area contributed by atoms with Gasteiger partial charge in [0.15, 0.2) is 0 Å². The lowest BCUT2D eigenvalue weighted by atomic mass is 10.00. The monoisotopic (exact) mass is 314 g/mol. The van der Waals surface area contributed by atoms with Gasteiger partial charge in [-0.15, -0.1) is 0 Å². The van der Waals surface area contributed by atoms with E-state index in [4.69, 9.17) is 0 Å². The Labute approximate surface area is 135 Å². The summed E-state index contributed by atoms with van der Waals surface area (Å²) in [5.41, 5.74) is 1.05. The first-order valence-electron chi connectivity index (χ1n) is 7.82. The first-order chi connectivity index (χ1) is 11.0. The number of carbonyl (C=O) groups is 1. The smallest absolute Gasteiger partial charge is 0.251 e. The molecule has 0 spiro atoms. The zero-order chi connectivity index (χ0) is 16.8. The standard InChI is InChI=1S/C17H22N4O2/c1-4-6-14(22)20-16(11(2)3)13-9-15(23)21-17(19-13)12-7-5-8-18-10-12/h5,7-11,16H,4,6H2,1-3H3,(H,20,22)(H,19,21,23)/t16-/m1/s1. The number of nitrogens with one attached hydrogen (secondary N) is 2. The van der Waals surface area contributed by atoms with E-state index in [0.717, 1.165) is 12.0 Å². The number of pyridine rings is 1. The van der Waals surface area contributed by atoms with Crippen LogP contribution in [0, 0.1) is 5.92 Å². The number of rotatable bonds is 6. The SMILES string of the molecule is CCCC(=O)N[C@@H](c1cc(=O)[nH]c(-c2cccnc2)n1)C(C)C. The Kier molecular flexibility index (Phi) is 5.62. The molecule has 2 N–H and O–H groups in total. The summed E-state index contributed by atoms with van der Waals surface area (Å²) in [5.74, 6) is 0.541. The molecule has 122 valence electrons. The van der Waals surface area contributed by atoms with Crippen LogP contribution < -0.4 is 10.9 Å². The van der Waals surface area contributed by atoms with Gasteiger partial charge in [-0.3, -0.25) is 14.6 Å². The fourth-order valence-corrected chi connectivity index (χ4v) is 2.33. The molecule has 6 heteroatoms. The van der Waals surface area contributed by atoms with Crippen LogP contribution in [0.15, 0.2) is 35.4 Å². The molecule has 0 unspecified atom stereocenters. The van der Waals surface area contributed by atoms with E-state index in [1.165, 1.54) is 6.07 Å². The molecule has 0 bridgehead atoms. The lowest BCUT2D eigenvalue weighted by Gasteiger charge is -2.22. The van der Waals surface area contributed by atoms with Crippen molar-refractivity contribution in [3.63, 3.8) is 0 Å². The molecule has 1 atom stereocenters. The minimum Gasteiger partial charge on any atom is -0.347 e. The van der Waals surface area contributed by atoms with E-state index in [2.05, 4.69) is 20.3 Å². The zero-order valence-corrected chi connectivity index (χ0v) is 13.7. The highest BCUT2D eigenvalue weighted by Gasteiger charge is 2.21. The van der Waals surface area contributed by atoms with Gasteiger partial charge in [0.1, 0.15) is 5.82 Å². The summed E-state index contributed by atoms with van der Waals surface area (Å²) >= 11 is 0. The van der Waals surface area contributed by atoms with Crippen LogP contribution in [0.5, 0.6) is 0 Å². The van der Waals surface area contributed by atoms with Gasteiger partial charge in [0.05, 0.1) is 11.7 Å². The minimum atomic E-state index is -0.299. The van der Waals surface area contributed by atoms with Gasteiger partial charge in [-0.25, -0.2) is 4.98 Å². The van der Waals surface area contributed by atoms with Crippen molar-refractivity contribution < 1.29 is 4.79 Å². The van der Waals surface area contributed by atoms with Crippen molar-refractivity contribution in [1.29, 1.82) is 0 Å². The third kappa shape index (κ3) is 4.48. The fourth-order valence-electron chi connectivity index (χ4n) is 2.33. The molecule has 0 saturated heterocycles. The van der Waals surface area contributed by atoms with E-state index in [1.54, 1.807) is 18.5 Å². The number of hydrogen-bond donors (Lipinski definition) is 2. The van der Waals surface area contributed by atoms with Crippen LogP contribution in [0.2, 0.25) is 0 Å². The van der Waals surface area contributed by atoms with E-state index in [0.29, 0.717) is 17.9 Å². The van der Waals surface area contributed by atoms with Gasteiger partial charge < -0.3 is 10.3 Å². The molecule has 2 aromatic heterocycles. The Morgan fingerprint density at radius 1 is 1.39 bits per heavy atom. The van der Waals surface area contributed by atoms with Crippen molar-refractivity contribution >= 4 is 5.91 Å². The van der Waals surface area contributed by atoms with E-state index < -0.39 is 0 Å². The van der Waals surface area contributed by atoms with Gasteiger partial charge in [0.2, 0.25) is 5.91 Å². The third-order valence-electron chi connectivity index (χ3n) is 3.48. The number of amides is 1. The predicted octanol–water partition coefficient (Wildman–Crippen LogP) is 2.45. The van der Waals surface area contributed by atoms with Crippen LogP contribution in [0.3, 0.4) is 0 Å². The molecule has 2 rings (SSSR count). The predicted molar refractivity (Wildman–Crippen MR) is 88.7 cm³/mol. The maximum absolute atomic E-state index is 12.0. The lowest BCUT2D eigenvalue weighted by Crippen LogP contribution is -2.33. The number of aromatic nitrogens is 3. The summed E-state index contributed by atoms with van der Waals surface area (Å²) in [5, 5.41) is 2.97. The van der Waals surface area contributed by atoms with Crippen molar-refractivity contribution in [1.82, 2.24) is 20.3 Å². The van der Waals surface area contributed by atoms with Crippen molar-refractivity contribution in [3.05, 3.63) is 46.6 Å². The van der Waals surface area contributed by atoms with Crippen LogP contribution in [-0.4, -0.2) is 20.9 Å². The Bertz CT molecular complexity index is 710. The quantitative estimate of drug-likeness (QED) is 0.857. The summed E-state index contributed by atoms with van der Waals surface area (Å²) in [6, 6.07) is 4.75. The summed E-state index contributed by atoms with van der Waals surface area (Å²) in [7, 11) is 0. The first-order valence-corrected chi connectivity index (χ1v) is 7.82. The van der Waals surface area contributed by atoms with Gasteiger partial charge in [-0.2, -0.15) is 0 Å². The van der Waals surface area contributed by atoms with Crippen molar-refractivity contribution in [2.75, 3.05) is 0 Å². The van der Waals surface area contributed by atoms with Crippen molar-refractivity contribution in [3.8, 4) is 11.4 Å². The van der Waals surface area contributed by atoms with Crippen LogP contribution in [0.1, 0.15) is 45.3 Å². The van der Waals surface area contributed by atoms with Gasteiger partial charge in [-0.05, 0) is 24.5 Å². The molecule has 0 aliphatic heterocycles. The maximum Gasteiger partial charge on any atom is 0.251 e. The van der Waals surface area contributed by atoms with Gasteiger partial charge in [-0.1, -0.05) is 20.8 Å². The van der Waals surface area contributed by atoms with Crippen LogP contribution >= 0.6 is 0 Å². The van der Waals surface area contributed by atoms with E-state index >= 15 is 0 Å². The summed E-state index contributed by atoms with van der Waals surface area (Å²) in [6.07, 6.45) is 4.54. The summed E-state index contributed by atoms with van der Waals surface area (Å²) in [4.78, 5) is 35.2. The maximum atomic E-state index is 12.0. The Morgan fingerprint density at radius 2 is 2.17 bits per heavy atom. The van der Waals surface area contributed by atoms with Gasteiger partial charge >= 0.3 is 0 Å². The molecule has 0 fully saturated rings. The van der Waals surface area contributed by atoms with E-state index in [1.807, 2.05) is 26.8 Å². The van der Waals surface area contributed by atoms with Gasteiger partial charge in [0.25, 0.3) is 5.56 Å². The van der Waals surface area contributed by atoms with Crippen LogP contribution in [0.4, 0.5) is 0 Å². The molecule has 0 aliphatic carbocycles. The number of hydrogen-bond acceptors (Lipinski definition) is 4. The Balaban J connectivity index is 2.38. The van der Waals surface area contributed by atoms with E-state index in [-0.39, 0.29) is 23.4 Å². The van der Waals surface area contributed by atoms with Crippen LogP contribution in [-0.2, 0) is 4.79 Å². The number of nitrogens with zero attached hydrogens (tertiary/aromatic N) is 2. The average molecular weight is 314 g/mol. The molecule has 0 radical (unpaired) electrons. The highest BCUT2D eigenvalue weighted by molar-refractivity contribution is 5.76. The molecule has 2 aromatic rings. The molecular formula is C17H22N4O2. The minimum absolute atomic E-state index is 0.0313. The topological polar surface area (TPSA) is 87.7 Å². The molecule has 1 amide bonds. The molecule has 0 aliphatic rings. The van der Waals surface area contributed by atoms with E-state index in [9.17, 15) is 9.59 Å². The third-order valence-corrected chi connectivity index (χ3v) is 3.48. The fraction of sp³-hybridized carbons (Fsp3) is 0.412. The molecule has 2 heterocycles. The molecule has 6 nitrogen and oxygen atoms in total. The van der Waals surface area contributed by atoms with Crippen LogP contribution in [0.25, 0.3) is 11.4 Å². The summed E-state index contributed by atoms with van der Waals surface area (Å²) < 4.78 is 0. The Hall–Kier alpha value is -2.50. The second kappa shape index (κ2) is 7.67. The number of aromatic amines is 1. The second-order valence-corrected chi connectivity index (χ2v) is 5.80. The van der Waals surface area contributed by atoms with Crippen molar-refractivity contribution in [2.45, 2.75) is 39.7 Å². The normalized spacial score (nSPS) is 12.2. The van der Waals surface area contributed by atoms with Gasteiger partial charge in [0, 0.05) is 30.4 Å². The largest absolute Gasteiger partial charge is 0.347 e. The summed E-state index contributed by atoms with van der Waals surface area (Å²) in [6.45, 7) is 5.93. The first kappa shape index (κ1) is 16.9. The zero-order valence-electron chi connectivity index (χ0n) is 13.7. The number of carbonyl (C=O) groups excluding carboxylic acids is 1. The molecular weight excluding hydrogens is 292 g/mol. The highest BCUT2D eigenvalue weighted by atomic mass is 16.1. The molecule has 0 aromatic carbocycles. The second-order valence-electron chi connectivity index (χ2n) is 5.80. The average Bonchev–Trinajstić information content (AvgIpc) is 2.53. The lowest BCUT2D eigenvalue weighted by molar-refractivity contribution is -0.122. The molecule has 0 saturated carbocycles. The number of H-pyrrole nitrogens is 1. The Morgan fingerprint density at radius 3 is 2.78 bits per heavy atom. The highest BCUT2D eigenvalue weighted by Crippen LogP contribution is 2.21. The van der Waals surface area contributed by atoms with Crippen molar-refractivity contribution in [2.24, 2.45) is 5.92 Å².